The van der Waals surface area contributed by atoms with Crippen molar-refractivity contribution in [2.75, 3.05) is 39.3 Å². The molecule has 2 aliphatic rings. The van der Waals surface area contributed by atoms with Crippen LogP contribution >= 0.6 is 0 Å². The molecule has 0 spiro atoms. The molecule has 0 radical (unpaired) electrons. The van der Waals surface area contributed by atoms with Crippen molar-refractivity contribution in [3.63, 3.8) is 0 Å². The van der Waals surface area contributed by atoms with Gasteiger partial charge in [0, 0.05) is 37.7 Å². The van der Waals surface area contributed by atoms with E-state index in [1.165, 1.54) is 12.8 Å². The standard InChI is InChI=1S/C25H37N3O4/c1-2-3-18-32-22-10-8-20(9-11-22)24(30)26-19-23(29)27-16-12-21(13-17-27)25(31)28-14-6-4-5-7-15-28/h8-11,21H,2-7,12-19H2,1H3,(H,26,30). The summed E-state index contributed by atoms with van der Waals surface area (Å²) in [7, 11) is 0. The Morgan fingerprint density at radius 3 is 2.22 bits per heavy atom. The number of carbonyl (C=O) groups is 3. The fourth-order valence-electron chi connectivity index (χ4n) is 4.33. The third-order valence-electron chi connectivity index (χ3n) is 6.40. The molecule has 2 heterocycles. The number of ether oxygens (including phenoxy) is 1. The van der Waals surface area contributed by atoms with Gasteiger partial charge in [0.2, 0.25) is 11.8 Å². The maximum atomic E-state index is 12.8. The summed E-state index contributed by atoms with van der Waals surface area (Å²) in [6.07, 6.45) is 8.07. The van der Waals surface area contributed by atoms with E-state index >= 15 is 0 Å². The number of likely N-dealkylation sites (tertiary alicyclic amines) is 2. The van der Waals surface area contributed by atoms with Crippen molar-refractivity contribution in [1.82, 2.24) is 15.1 Å². The van der Waals surface area contributed by atoms with E-state index in [0.717, 1.165) is 44.5 Å². The zero-order valence-corrected chi connectivity index (χ0v) is 19.3. The number of rotatable bonds is 8. The molecule has 1 N–H and O–H groups in total. The maximum absolute atomic E-state index is 12.8. The molecule has 0 aliphatic carbocycles. The predicted molar refractivity (Wildman–Crippen MR) is 124 cm³/mol. The molecule has 7 nitrogen and oxygen atoms in total. The second-order valence-corrected chi connectivity index (χ2v) is 8.80. The Kier molecular flexibility index (Phi) is 9.38. The Morgan fingerprint density at radius 1 is 0.938 bits per heavy atom. The molecule has 1 aromatic rings. The van der Waals surface area contributed by atoms with Gasteiger partial charge in [0.25, 0.3) is 5.91 Å². The van der Waals surface area contributed by atoms with Gasteiger partial charge in [0.05, 0.1) is 13.2 Å². The lowest BCUT2D eigenvalue weighted by Gasteiger charge is -2.34. The summed E-state index contributed by atoms with van der Waals surface area (Å²) in [5.41, 5.74) is 0.502. The monoisotopic (exact) mass is 443 g/mol. The molecule has 2 fully saturated rings. The Hall–Kier alpha value is -2.57. The van der Waals surface area contributed by atoms with E-state index in [4.69, 9.17) is 4.74 Å². The van der Waals surface area contributed by atoms with Crippen molar-refractivity contribution < 1.29 is 19.1 Å². The highest BCUT2D eigenvalue weighted by Crippen LogP contribution is 2.22. The van der Waals surface area contributed by atoms with Gasteiger partial charge >= 0.3 is 0 Å². The van der Waals surface area contributed by atoms with E-state index in [1.54, 1.807) is 29.2 Å². The summed E-state index contributed by atoms with van der Waals surface area (Å²) in [4.78, 5) is 41.5. The fourth-order valence-corrected chi connectivity index (χ4v) is 4.33. The summed E-state index contributed by atoms with van der Waals surface area (Å²) in [5.74, 6) is 0.645. The quantitative estimate of drug-likeness (QED) is 0.626. The number of nitrogens with zero attached hydrogens (tertiary/aromatic N) is 2. The van der Waals surface area contributed by atoms with Crippen LogP contribution in [0.3, 0.4) is 0 Å². The van der Waals surface area contributed by atoms with Crippen LogP contribution in [0.2, 0.25) is 0 Å². The highest BCUT2D eigenvalue weighted by molar-refractivity contribution is 5.96. The van der Waals surface area contributed by atoms with Crippen LogP contribution in [-0.4, -0.2) is 66.9 Å². The first kappa shape index (κ1) is 24.1. The molecule has 1 aromatic carbocycles. The third kappa shape index (κ3) is 6.97. The minimum absolute atomic E-state index is 0.0183. The number of amides is 3. The van der Waals surface area contributed by atoms with Gasteiger partial charge in [-0.1, -0.05) is 26.2 Å². The molecule has 2 saturated heterocycles. The molecule has 0 saturated carbocycles. The van der Waals surface area contributed by atoms with E-state index in [0.29, 0.717) is 38.1 Å². The van der Waals surface area contributed by atoms with Crippen molar-refractivity contribution in [2.45, 2.75) is 58.3 Å². The Labute approximate surface area is 191 Å². The number of benzene rings is 1. The van der Waals surface area contributed by atoms with Crippen LogP contribution in [0.4, 0.5) is 0 Å². The lowest BCUT2D eigenvalue weighted by molar-refractivity contribution is -0.140. The minimum Gasteiger partial charge on any atom is -0.494 e. The molecule has 176 valence electrons. The van der Waals surface area contributed by atoms with Gasteiger partial charge in [0.15, 0.2) is 0 Å². The van der Waals surface area contributed by atoms with Crippen molar-refractivity contribution in [2.24, 2.45) is 5.92 Å². The molecule has 32 heavy (non-hydrogen) atoms. The van der Waals surface area contributed by atoms with Crippen molar-refractivity contribution >= 4 is 17.7 Å². The third-order valence-corrected chi connectivity index (χ3v) is 6.40. The predicted octanol–water partition coefficient (Wildman–Crippen LogP) is 3.24. The molecular weight excluding hydrogens is 406 g/mol. The largest absolute Gasteiger partial charge is 0.494 e. The molecule has 2 aliphatic heterocycles. The first-order valence-electron chi connectivity index (χ1n) is 12.2. The smallest absolute Gasteiger partial charge is 0.251 e. The first-order chi connectivity index (χ1) is 15.6. The lowest BCUT2D eigenvalue weighted by atomic mass is 9.95. The van der Waals surface area contributed by atoms with Gasteiger partial charge < -0.3 is 19.9 Å². The highest BCUT2D eigenvalue weighted by atomic mass is 16.5. The van der Waals surface area contributed by atoms with E-state index in [2.05, 4.69) is 12.2 Å². The number of unbranched alkanes of at least 4 members (excludes halogenated alkanes) is 1. The van der Waals surface area contributed by atoms with E-state index < -0.39 is 0 Å². The Bertz CT molecular complexity index is 749. The molecule has 7 heteroatoms. The van der Waals surface area contributed by atoms with Crippen molar-refractivity contribution in [1.29, 1.82) is 0 Å². The molecule has 3 amide bonds. The van der Waals surface area contributed by atoms with E-state index in [-0.39, 0.29) is 30.2 Å². The average Bonchev–Trinajstić information content (AvgIpc) is 3.12. The number of hydrogen-bond donors (Lipinski definition) is 1. The fraction of sp³-hybridized carbons (Fsp3) is 0.640. The van der Waals surface area contributed by atoms with Crippen LogP contribution in [0.15, 0.2) is 24.3 Å². The van der Waals surface area contributed by atoms with Gasteiger partial charge in [-0.05, 0) is 56.4 Å². The first-order valence-corrected chi connectivity index (χ1v) is 12.2. The van der Waals surface area contributed by atoms with Crippen LogP contribution in [0, 0.1) is 5.92 Å². The highest BCUT2D eigenvalue weighted by Gasteiger charge is 2.30. The second kappa shape index (κ2) is 12.5. The molecule has 3 rings (SSSR count). The van der Waals surface area contributed by atoms with Gasteiger partial charge in [-0.15, -0.1) is 0 Å². The Balaban J connectivity index is 1.39. The van der Waals surface area contributed by atoms with Crippen LogP contribution in [0.5, 0.6) is 5.75 Å². The molecule has 0 atom stereocenters. The van der Waals surface area contributed by atoms with Gasteiger partial charge in [-0.25, -0.2) is 0 Å². The van der Waals surface area contributed by atoms with Gasteiger partial charge in [0.1, 0.15) is 5.75 Å². The summed E-state index contributed by atoms with van der Waals surface area (Å²) in [6.45, 7) is 5.63. The summed E-state index contributed by atoms with van der Waals surface area (Å²) in [6, 6.07) is 6.97. The maximum Gasteiger partial charge on any atom is 0.251 e. The summed E-state index contributed by atoms with van der Waals surface area (Å²) in [5, 5.41) is 2.71. The van der Waals surface area contributed by atoms with Crippen LogP contribution in [0.25, 0.3) is 0 Å². The number of nitrogens with one attached hydrogen (secondary N) is 1. The van der Waals surface area contributed by atoms with Crippen LogP contribution in [-0.2, 0) is 9.59 Å². The summed E-state index contributed by atoms with van der Waals surface area (Å²) >= 11 is 0. The topological polar surface area (TPSA) is 79.0 Å². The second-order valence-electron chi connectivity index (χ2n) is 8.80. The molecule has 0 bridgehead atoms. The molecular formula is C25H37N3O4. The van der Waals surface area contributed by atoms with Crippen molar-refractivity contribution in [3.05, 3.63) is 29.8 Å². The van der Waals surface area contributed by atoms with Crippen LogP contribution < -0.4 is 10.1 Å². The minimum atomic E-state index is -0.273. The van der Waals surface area contributed by atoms with Crippen molar-refractivity contribution in [3.8, 4) is 5.75 Å². The number of piperidine rings is 1. The van der Waals surface area contributed by atoms with Gasteiger partial charge in [-0.2, -0.15) is 0 Å². The van der Waals surface area contributed by atoms with E-state index in [9.17, 15) is 14.4 Å². The van der Waals surface area contributed by atoms with Gasteiger partial charge in [-0.3, -0.25) is 14.4 Å². The SMILES string of the molecule is CCCCOc1ccc(C(=O)NCC(=O)N2CCC(C(=O)N3CCCCCC3)CC2)cc1. The molecule has 0 aromatic heterocycles. The van der Waals surface area contributed by atoms with Crippen LogP contribution in [0.1, 0.15) is 68.6 Å². The van der Waals surface area contributed by atoms with E-state index in [1.807, 2.05) is 4.90 Å². The zero-order chi connectivity index (χ0) is 22.8. The normalized spacial score (nSPS) is 17.5. The summed E-state index contributed by atoms with van der Waals surface area (Å²) < 4.78 is 5.61. The number of hydrogen-bond acceptors (Lipinski definition) is 4. The average molecular weight is 444 g/mol. The molecule has 0 unspecified atom stereocenters. The zero-order valence-electron chi connectivity index (χ0n) is 19.3. The number of carbonyl (C=O) groups excluding carboxylic acids is 3. The lowest BCUT2D eigenvalue weighted by Crippen LogP contribution is -2.47. The Morgan fingerprint density at radius 2 is 1.59 bits per heavy atom.